The molecule has 102 valence electrons. The predicted octanol–water partition coefficient (Wildman–Crippen LogP) is 0.614. The van der Waals surface area contributed by atoms with Gasteiger partial charge < -0.3 is 10.5 Å². The van der Waals surface area contributed by atoms with E-state index in [1.165, 1.54) is 23.1 Å². The van der Waals surface area contributed by atoms with Crippen molar-refractivity contribution < 1.29 is 13.9 Å². The van der Waals surface area contributed by atoms with Gasteiger partial charge in [-0.3, -0.25) is 4.79 Å². The fourth-order valence-electron chi connectivity index (χ4n) is 1.48. The first-order valence-corrected chi connectivity index (χ1v) is 5.57. The first kappa shape index (κ1) is 13.5. The third-order valence-electron chi connectivity index (χ3n) is 2.41. The van der Waals surface area contributed by atoms with Crippen molar-refractivity contribution in [2.75, 3.05) is 5.73 Å². The number of benzene rings is 1. The number of nitrogen functional groups attached to an aromatic ring is 1. The van der Waals surface area contributed by atoms with Gasteiger partial charge in [-0.15, -0.1) is 5.10 Å². The highest BCUT2D eigenvalue weighted by Gasteiger charge is 2.09. The molecule has 0 fully saturated rings. The van der Waals surface area contributed by atoms with Crippen LogP contribution in [0.3, 0.4) is 0 Å². The Hall–Kier alpha value is -2.95. The number of anilines is 1. The number of nitrogens with zero attached hydrogens (tertiary/aromatic N) is 4. The van der Waals surface area contributed by atoms with E-state index in [0.29, 0.717) is 5.56 Å². The number of carbonyl (C=O) groups excluding carboxylic acids is 1. The van der Waals surface area contributed by atoms with Crippen molar-refractivity contribution in [2.24, 2.45) is 0 Å². The molecule has 0 saturated carbocycles. The van der Waals surface area contributed by atoms with Gasteiger partial charge in [0.1, 0.15) is 25.3 Å². The summed E-state index contributed by atoms with van der Waals surface area (Å²) in [5, 5.41) is 12.4. The molecule has 7 nitrogen and oxygen atoms in total. The number of nitrogens with two attached hydrogens (primary N) is 1. The van der Waals surface area contributed by atoms with Gasteiger partial charge in [-0.2, -0.15) is 5.26 Å². The van der Waals surface area contributed by atoms with Crippen LogP contribution < -0.4 is 5.73 Å². The Morgan fingerprint density at radius 2 is 2.35 bits per heavy atom. The maximum atomic E-state index is 13.4. The molecular formula is C12H10FN5O2. The number of esters is 1. The van der Waals surface area contributed by atoms with E-state index >= 15 is 0 Å². The van der Waals surface area contributed by atoms with Crippen LogP contribution >= 0.6 is 0 Å². The Labute approximate surface area is 113 Å². The third kappa shape index (κ3) is 3.29. The summed E-state index contributed by atoms with van der Waals surface area (Å²) in [7, 11) is 0. The molecule has 2 N–H and O–H groups in total. The van der Waals surface area contributed by atoms with Crippen molar-refractivity contribution in [1.82, 2.24) is 14.8 Å². The molecule has 0 unspecified atom stereocenters. The highest BCUT2D eigenvalue weighted by atomic mass is 19.1. The van der Waals surface area contributed by atoms with Crippen LogP contribution in [0.1, 0.15) is 11.1 Å². The SMILES string of the molecule is N#Cc1ccc(F)c(COC(=O)Cn2cnc(N)n2)c1. The molecule has 0 aliphatic carbocycles. The lowest BCUT2D eigenvalue weighted by atomic mass is 10.1. The van der Waals surface area contributed by atoms with Crippen LogP contribution in [0.5, 0.6) is 0 Å². The average Bonchev–Trinajstić information content (AvgIpc) is 2.83. The number of hydrogen-bond acceptors (Lipinski definition) is 6. The first-order chi connectivity index (χ1) is 9.58. The minimum atomic E-state index is -0.614. The third-order valence-corrected chi connectivity index (χ3v) is 2.41. The van der Waals surface area contributed by atoms with Gasteiger partial charge in [-0.05, 0) is 18.2 Å². The smallest absolute Gasteiger partial charge is 0.328 e. The minimum absolute atomic E-state index is 0.0468. The second kappa shape index (κ2) is 5.79. The van der Waals surface area contributed by atoms with Gasteiger partial charge in [0.2, 0.25) is 5.95 Å². The largest absolute Gasteiger partial charge is 0.459 e. The standard InChI is InChI=1S/C12H10FN5O2/c13-10-2-1-8(4-14)3-9(10)6-20-11(19)5-18-7-16-12(15)17-18/h1-3,7H,5-6H2,(H2,15,17). The maximum absolute atomic E-state index is 13.4. The van der Waals surface area contributed by atoms with Crippen LogP contribution in [0.15, 0.2) is 24.5 Å². The Balaban J connectivity index is 1.95. The van der Waals surface area contributed by atoms with Gasteiger partial charge in [0.05, 0.1) is 11.6 Å². The summed E-state index contributed by atoms with van der Waals surface area (Å²) in [4.78, 5) is 15.2. The summed E-state index contributed by atoms with van der Waals surface area (Å²) in [6.07, 6.45) is 1.29. The average molecular weight is 275 g/mol. The molecule has 0 aliphatic rings. The zero-order chi connectivity index (χ0) is 14.5. The summed E-state index contributed by atoms with van der Waals surface area (Å²) >= 11 is 0. The Bertz CT molecular complexity index is 677. The molecule has 20 heavy (non-hydrogen) atoms. The van der Waals surface area contributed by atoms with E-state index in [2.05, 4.69) is 10.1 Å². The quantitative estimate of drug-likeness (QED) is 0.819. The van der Waals surface area contributed by atoms with Crippen molar-refractivity contribution in [3.63, 3.8) is 0 Å². The lowest BCUT2D eigenvalue weighted by Crippen LogP contribution is -2.14. The lowest BCUT2D eigenvalue weighted by Gasteiger charge is -2.06. The van der Waals surface area contributed by atoms with E-state index in [-0.39, 0.29) is 24.7 Å². The van der Waals surface area contributed by atoms with Crippen molar-refractivity contribution >= 4 is 11.9 Å². The number of nitriles is 1. The van der Waals surface area contributed by atoms with E-state index in [1.807, 2.05) is 6.07 Å². The molecule has 2 aromatic rings. The van der Waals surface area contributed by atoms with Gasteiger partial charge in [-0.25, -0.2) is 14.1 Å². The molecule has 0 saturated heterocycles. The first-order valence-electron chi connectivity index (χ1n) is 5.57. The fourth-order valence-corrected chi connectivity index (χ4v) is 1.48. The zero-order valence-corrected chi connectivity index (χ0v) is 10.3. The highest BCUT2D eigenvalue weighted by Crippen LogP contribution is 2.11. The summed E-state index contributed by atoms with van der Waals surface area (Å²) in [5.74, 6) is -1.11. The second-order valence-electron chi connectivity index (χ2n) is 3.88. The van der Waals surface area contributed by atoms with Crippen LogP contribution in [0.25, 0.3) is 0 Å². The molecule has 0 bridgehead atoms. The normalized spacial score (nSPS) is 10.0. The van der Waals surface area contributed by atoms with Gasteiger partial charge >= 0.3 is 5.97 Å². The maximum Gasteiger partial charge on any atom is 0.328 e. The number of carbonyl (C=O) groups is 1. The van der Waals surface area contributed by atoms with Crippen LogP contribution in [-0.2, 0) is 22.7 Å². The van der Waals surface area contributed by atoms with Gasteiger partial charge in [0, 0.05) is 5.56 Å². The van der Waals surface area contributed by atoms with Crippen molar-refractivity contribution in [3.8, 4) is 6.07 Å². The van der Waals surface area contributed by atoms with Gasteiger partial charge in [0.15, 0.2) is 0 Å². The molecule has 1 heterocycles. The molecule has 0 spiro atoms. The molecular weight excluding hydrogens is 265 g/mol. The summed E-state index contributed by atoms with van der Waals surface area (Å²) in [5.41, 5.74) is 5.72. The number of aromatic nitrogens is 3. The van der Waals surface area contributed by atoms with E-state index in [0.717, 1.165) is 6.07 Å². The predicted molar refractivity (Wildman–Crippen MR) is 65.3 cm³/mol. The van der Waals surface area contributed by atoms with E-state index in [1.54, 1.807) is 0 Å². The Morgan fingerprint density at radius 1 is 1.55 bits per heavy atom. The highest BCUT2D eigenvalue weighted by molar-refractivity contribution is 5.69. The molecule has 2 rings (SSSR count). The lowest BCUT2D eigenvalue weighted by molar-refractivity contribution is -0.145. The second-order valence-corrected chi connectivity index (χ2v) is 3.88. The summed E-state index contributed by atoms with van der Waals surface area (Å²) in [6.45, 7) is -0.436. The molecule has 0 radical (unpaired) electrons. The Morgan fingerprint density at radius 3 is 3.00 bits per heavy atom. The van der Waals surface area contributed by atoms with Crippen LogP contribution in [0, 0.1) is 17.1 Å². The number of ether oxygens (including phenoxy) is 1. The van der Waals surface area contributed by atoms with Crippen molar-refractivity contribution in [1.29, 1.82) is 5.26 Å². The molecule has 1 aromatic heterocycles. The van der Waals surface area contributed by atoms with E-state index in [4.69, 9.17) is 15.7 Å². The zero-order valence-electron chi connectivity index (χ0n) is 10.3. The molecule has 0 amide bonds. The van der Waals surface area contributed by atoms with E-state index < -0.39 is 11.8 Å². The number of rotatable bonds is 4. The Kier molecular flexibility index (Phi) is 3.91. The molecule has 0 aliphatic heterocycles. The number of hydrogen-bond donors (Lipinski definition) is 1. The van der Waals surface area contributed by atoms with Crippen molar-refractivity contribution in [2.45, 2.75) is 13.2 Å². The molecule has 0 atom stereocenters. The van der Waals surface area contributed by atoms with Crippen LogP contribution in [0.2, 0.25) is 0 Å². The fraction of sp³-hybridized carbons (Fsp3) is 0.167. The molecule has 1 aromatic carbocycles. The molecule has 8 heteroatoms. The topological polar surface area (TPSA) is 107 Å². The van der Waals surface area contributed by atoms with Gasteiger partial charge in [0.25, 0.3) is 0 Å². The van der Waals surface area contributed by atoms with Crippen LogP contribution in [-0.4, -0.2) is 20.7 Å². The monoisotopic (exact) mass is 275 g/mol. The van der Waals surface area contributed by atoms with E-state index in [9.17, 15) is 9.18 Å². The summed E-state index contributed by atoms with van der Waals surface area (Å²) < 4.78 is 19.6. The summed E-state index contributed by atoms with van der Waals surface area (Å²) in [6, 6.07) is 5.71. The van der Waals surface area contributed by atoms with Gasteiger partial charge in [-0.1, -0.05) is 0 Å². The van der Waals surface area contributed by atoms with Crippen molar-refractivity contribution in [3.05, 3.63) is 41.5 Å². The van der Waals surface area contributed by atoms with Crippen LogP contribution in [0.4, 0.5) is 10.3 Å². The number of halogens is 1. The minimum Gasteiger partial charge on any atom is -0.459 e.